The van der Waals surface area contributed by atoms with Gasteiger partial charge in [-0.25, -0.2) is 9.18 Å². The van der Waals surface area contributed by atoms with Gasteiger partial charge in [0.2, 0.25) is 0 Å². The van der Waals surface area contributed by atoms with E-state index in [4.69, 9.17) is 9.15 Å². The fourth-order valence-electron chi connectivity index (χ4n) is 4.05. The van der Waals surface area contributed by atoms with Crippen LogP contribution >= 0.6 is 0 Å². The quantitative estimate of drug-likeness (QED) is 0.304. The van der Waals surface area contributed by atoms with Crippen molar-refractivity contribution < 1.29 is 23.1 Å². The number of hydrogen-bond donors (Lipinski definition) is 2. The number of furan rings is 1. The number of aryl methyl sites for hydroxylation is 1. The first-order valence-electron chi connectivity index (χ1n) is 12.1. The van der Waals surface area contributed by atoms with Crippen molar-refractivity contribution in [3.05, 3.63) is 71.7 Å². The fraction of sp³-hybridized carbons (Fsp3) is 0.321. The van der Waals surface area contributed by atoms with Crippen molar-refractivity contribution in [3.63, 3.8) is 0 Å². The number of amides is 2. The monoisotopic (exact) mass is 506 g/mol. The Morgan fingerprint density at radius 3 is 2.57 bits per heavy atom. The molecule has 0 aliphatic carbocycles. The van der Waals surface area contributed by atoms with E-state index in [0.717, 1.165) is 0 Å². The second-order valence-corrected chi connectivity index (χ2v) is 10.1. The van der Waals surface area contributed by atoms with E-state index >= 15 is 0 Å². The lowest BCUT2D eigenvalue weighted by Crippen LogP contribution is -2.36. The van der Waals surface area contributed by atoms with E-state index in [1.54, 1.807) is 63.1 Å². The average molecular weight is 507 g/mol. The van der Waals surface area contributed by atoms with Crippen molar-refractivity contribution in [1.29, 1.82) is 0 Å². The molecule has 0 aliphatic heterocycles. The van der Waals surface area contributed by atoms with Gasteiger partial charge in [0.25, 0.3) is 5.91 Å². The number of fused-ring (bicyclic) bond motifs is 1. The molecule has 194 valence electrons. The van der Waals surface area contributed by atoms with Crippen LogP contribution in [0.5, 0.6) is 0 Å². The molecule has 0 aliphatic rings. The third kappa shape index (κ3) is 5.82. The Morgan fingerprint density at radius 1 is 1.19 bits per heavy atom. The van der Waals surface area contributed by atoms with Gasteiger partial charge in [-0.05, 0) is 84.0 Å². The largest absolute Gasteiger partial charge is 0.467 e. The number of pyridine rings is 1. The van der Waals surface area contributed by atoms with Crippen LogP contribution in [0.3, 0.4) is 0 Å². The summed E-state index contributed by atoms with van der Waals surface area (Å²) < 4.78 is 24.9. The molecule has 3 heterocycles. The standard InChI is InChI=1S/C28H31FN4O4/c1-16(2)33(15-19-8-7-13-36-19)26(34)25-24(20-10-9-18(29)14-23(20)31-25)22-12-11-21(17(3)30-22)32-27(35)37-28(4,5)6/h7-14,16,31H,15H2,1-6H3,(H,32,35). The van der Waals surface area contributed by atoms with Gasteiger partial charge in [0.1, 0.15) is 22.9 Å². The van der Waals surface area contributed by atoms with Crippen molar-refractivity contribution in [2.45, 2.75) is 59.7 Å². The predicted molar refractivity (Wildman–Crippen MR) is 140 cm³/mol. The van der Waals surface area contributed by atoms with Gasteiger partial charge in [0, 0.05) is 22.5 Å². The number of nitrogens with one attached hydrogen (secondary N) is 2. The Balaban J connectivity index is 1.76. The Labute approximate surface area is 214 Å². The van der Waals surface area contributed by atoms with Gasteiger partial charge in [-0.3, -0.25) is 15.1 Å². The van der Waals surface area contributed by atoms with E-state index in [9.17, 15) is 14.0 Å². The molecule has 0 saturated carbocycles. The van der Waals surface area contributed by atoms with E-state index in [1.165, 1.54) is 12.1 Å². The summed E-state index contributed by atoms with van der Waals surface area (Å²) in [6, 6.07) is 11.2. The maximum atomic E-state index is 14.1. The maximum absolute atomic E-state index is 14.1. The number of rotatable bonds is 6. The second-order valence-electron chi connectivity index (χ2n) is 10.1. The zero-order valence-electron chi connectivity index (χ0n) is 21.8. The first kappa shape index (κ1) is 25.9. The minimum Gasteiger partial charge on any atom is -0.467 e. The normalized spacial score (nSPS) is 11.7. The zero-order valence-corrected chi connectivity index (χ0v) is 21.8. The van der Waals surface area contributed by atoms with Crippen LogP contribution in [-0.2, 0) is 11.3 Å². The lowest BCUT2D eigenvalue weighted by atomic mass is 10.0. The highest BCUT2D eigenvalue weighted by molar-refractivity contribution is 6.09. The van der Waals surface area contributed by atoms with Crippen molar-refractivity contribution >= 4 is 28.6 Å². The molecule has 2 N–H and O–H groups in total. The van der Waals surface area contributed by atoms with E-state index in [-0.39, 0.29) is 18.5 Å². The number of H-pyrrole nitrogens is 1. The number of aromatic amines is 1. The highest BCUT2D eigenvalue weighted by Gasteiger charge is 2.27. The van der Waals surface area contributed by atoms with Crippen molar-refractivity contribution in [2.75, 3.05) is 5.32 Å². The van der Waals surface area contributed by atoms with Crippen LogP contribution in [0.1, 0.15) is 56.6 Å². The summed E-state index contributed by atoms with van der Waals surface area (Å²) in [6.45, 7) is 11.2. The number of hydrogen-bond acceptors (Lipinski definition) is 5. The minimum absolute atomic E-state index is 0.135. The summed E-state index contributed by atoms with van der Waals surface area (Å²) >= 11 is 0. The lowest BCUT2D eigenvalue weighted by Gasteiger charge is -2.26. The molecule has 9 heteroatoms. The molecule has 1 aromatic carbocycles. The zero-order chi connectivity index (χ0) is 26.9. The number of nitrogens with zero attached hydrogens (tertiary/aromatic N) is 2. The van der Waals surface area contributed by atoms with Crippen LogP contribution in [0.25, 0.3) is 22.2 Å². The molecular formula is C28H31FN4O4. The number of benzene rings is 1. The summed E-state index contributed by atoms with van der Waals surface area (Å²) in [6.07, 6.45) is 0.976. The van der Waals surface area contributed by atoms with Gasteiger partial charge in [-0.2, -0.15) is 0 Å². The summed E-state index contributed by atoms with van der Waals surface area (Å²) in [5.41, 5.74) is 2.22. The molecule has 0 fully saturated rings. The molecule has 4 rings (SSSR count). The summed E-state index contributed by atoms with van der Waals surface area (Å²) in [5, 5.41) is 3.37. The molecule has 4 aromatic rings. The molecule has 0 unspecified atom stereocenters. The third-order valence-electron chi connectivity index (χ3n) is 5.74. The molecule has 0 saturated heterocycles. The Morgan fingerprint density at radius 2 is 1.95 bits per heavy atom. The third-order valence-corrected chi connectivity index (χ3v) is 5.74. The van der Waals surface area contributed by atoms with Gasteiger partial charge in [0.05, 0.1) is 29.9 Å². The first-order chi connectivity index (χ1) is 17.4. The Kier molecular flexibility index (Phi) is 7.07. The summed E-state index contributed by atoms with van der Waals surface area (Å²) in [7, 11) is 0. The number of anilines is 1. The van der Waals surface area contributed by atoms with Gasteiger partial charge < -0.3 is 19.0 Å². The van der Waals surface area contributed by atoms with E-state index in [2.05, 4.69) is 15.3 Å². The number of halogens is 1. The van der Waals surface area contributed by atoms with Gasteiger partial charge in [-0.1, -0.05) is 0 Å². The average Bonchev–Trinajstić information content (AvgIpc) is 3.44. The molecule has 0 radical (unpaired) electrons. The molecule has 3 aromatic heterocycles. The van der Waals surface area contributed by atoms with Gasteiger partial charge in [-0.15, -0.1) is 0 Å². The Hall–Kier alpha value is -4.14. The molecule has 0 spiro atoms. The predicted octanol–water partition coefficient (Wildman–Crippen LogP) is 6.67. The molecule has 0 bridgehead atoms. The van der Waals surface area contributed by atoms with E-state index < -0.39 is 17.5 Å². The van der Waals surface area contributed by atoms with Crippen LogP contribution in [0.4, 0.5) is 14.9 Å². The van der Waals surface area contributed by atoms with Gasteiger partial charge >= 0.3 is 6.09 Å². The van der Waals surface area contributed by atoms with E-state index in [1.807, 2.05) is 19.9 Å². The first-order valence-corrected chi connectivity index (χ1v) is 12.1. The Bertz CT molecular complexity index is 1430. The maximum Gasteiger partial charge on any atom is 0.412 e. The fourth-order valence-corrected chi connectivity index (χ4v) is 4.05. The van der Waals surface area contributed by atoms with Crippen LogP contribution in [0.15, 0.2) is 53.1 Å². The molecule has 8 nitrogen and oxygen atoms in total. The summed E-state index contributed by atoms with van der Waals surface area (Å²) in [4.78, 5) is 35.6. The second kappa shape index (κ2) is 10.1. The summed E-state index contributed by atoms with van der Waals surface area (Å²) in [5.74, 6) is -0.0395. The molecule has 0 atom stereocenters. The SMILES string of the molecule is Cc1nc(-c2c(C(=O)N(Cc3ccco3)C(C)C)[nH]c3cc(F)ccc23)ccc1NC(=O)OC(C)(C)C. The molecule has 2 amide bonds. The molecular weight excluding hydrogens is 475 g/mol. The van der Waals surface area contributed by atoms with Crippen molar-refractivity contribution in [3.8, 4) is 11.3 Å². The number of carbonyl (C=O) groups excluding carboxylic acids is 2. The highest BCUT2D eigenvalue weighted by atomic mass is 19.1. The van der Waals surface area contributed by atoms with Crippen LogP contribution in [-0.4, -0.2) is 38.5 Å². The topological polar surface area (TPSA) is 100 Å². The van der Waals surface area contributed by atoms with Gasteiger partial charge in [0.15, 0.2) is 0 Å². The number of ether oxygens (including phenoxy) is 1. The number of aromatic nitrogens is 2. The van der Waals surface area contributed by atoms with E-state index in [0.29, 0.717) is 45.0 Å². The molecule has 37 heavy (non-hydrogen) atoms. The van der Waals surface area contributed by atoms with Crippen LogP contribution < -0.4 is 5.32 Å². The lowest BCUT2D eigenvalue weighted by molar-refractivity contribution is 0.0633. The van der Waals surface area contributed by atoms with Crippen molar-refractivity contribution in [1.82, 2.24) is 14.9 Å². The minimum atomic E-state index is -0.641. The number of carbonyl (C=O) groups is 2. The smallest absolute Gasteiger partial charge is 0.412 e. The van der Waals surface area contributed by atoms with Crippen LogP contribution in [0, 0.1) is 12.7 Å². The van der Waals surface area contributed by atoms with Crippen LogP contribution in [0.2, 0.25) is 0 Å². The van der Waals surface area contributed by atoms with Crippen molar-refractivity contribution in [2.24, 2.45) is 0 Å². The highest BCUT2D eigenvalue weighted by Crippen LogP contribution is 2.34.